The van der Waals surface area contributed by atoms with Gasteiger partial charge in [-0.3, -0.25) is 9.59 Å². The quantitative estimate of drug-likeness (QED) is 0.770. The maximum absolute atomic E-state index is 12.1. The van der Waals surface area contributed by atoms with E-state index in [9.17, 15) is 18.0 Å². The van der Waals surface area contributed by atoms with E-state index in [1.165, 1.54) is 38.4 Å². The largest absolute Gasteiger partial charge is 0.378 e. The molecule has 2 rings (SSSR count). The average Bonchev–Trinajstić information content (AvgIpc) is 2.60. The predicted octanol–water partition coefficient (Wildman–Crippen LogP) is -0.474. The van der Waals surface area contributed by atoms with Crippen LogP contribution in [0.3, 0.4) is 0 Å². The van der Waals surface area contributed by atoms with Crippen molar-refractivity contribution in [2.75, 3.05) is 46.9 Å². The Bertz CT molecular complexity index is 694. The van der Waals surface area contributed by atoms with Gasteiger partial charge in [0.2, 0.25) is 15.9 Å². The molecule has 1 aliphatic rings. The number of sulfonamides is 1. The lowest BCUT2D eigenvalue weighted by Crippen LogP contribution is -2.45. The lowest BCUT2D eigenvalue weighted by Gasteiger charge is -2.26. The lowest BCUT2D eigenvalue weighted by atomic mass is 10.2. The Hall–Kier alpha value is -1.97. The molecule has 0 aromatic heterocycles. The normalized spacial score (nSPS) is 15.4. The first kappa shape index (κ1) is 18.4. The smallest absolute Gasteiger partial charge is 0.251 e. The van der Waals surface area contributed by atoms with Crippen molar-refractivity contribution in [2.45, 2.75) is 4.90 Å². The summed E-state index contributed by atoms with van der Waals surface area (Å²) in [6, 6.07) is 5.58. The maximum atomic E-state index is 12.1. The fourth-order valence-corrected chi connectivity index (χ4v) is 3.07. The highest BCUT2D eigenvalue weighted by Crippen LogP contribution is 2.13. The van der Waals surface area contributed by atoms with Crippen molar-refractivity contribution >= 4 is 21.8 Å². The number of carbonyl (C=O) groups is 2. The fraction of sp³-hybridized carbons (Fsp3) is 0.467. The molecule has 1 saturated heterocycles. The molecule has 1 aliphatic heterocycles. The second-order valence-corrected chi connectivity index (χ2v) is 7.64. The summed E-state index contributed by atoms with van der Waals surface area (Å²) in [7, 11) is -0.655. The van der Waals surface area contributed by atoms with Gasteiger partial charge in [0, 0.05) is 32.7 Å². The van der Waals surface area contributed by atoms with Crippen LogP contribution in [0.5, 0.6) is 0 Å². The molecular formula is C15H21N3O5S. The Morgan fingerprint density at radius 3 is 2.29 bits per heavy atom. The second-order valence-electron chi connectivity index (χ2n) is 5.49. The molecule has 24 heavy (non-hydrogen) atoms. The first-order chi connectivity index (χ1) is 11.3. The summed E-state index contributed by atoms with van der Waals surface area (Å²) >= 11 is 0. The van der Waals surface area contributed by atoms with Gasteiger partial charge in [-0.25, -0.2) is 12.7 Å². The molecular weight excluding hydrogens is 334 g/mol. The summed E-state index contributed by atoms with van der Waals surface area (Å²) < 4.78 is 30.2. The molecule has 0 spiro atoms. The van der Waals surface area contributed by atoms with Crippen molar-refractivity contribution in [3.05, 3.63) is 29.8 Å². The number of amides is 2. The van der Waals surface area contributed by atoms with Gasteiger partial charge in [0.25, 0.3) is 5.91 Å². The molecule has 1 aromatic rings. The third-order valence-electron chi connectivity index (χ3n) is 3.66. The van der Waals surface area contributed by atoms with Gasteiger partial charge in [-0.1, -0.05) is 0 Å². The number of ether oxygens (including phenoxy) is 1. The van der Waals surface area contributed by atoms with Gasteiger partial charge in [-0.2, -0.15) is 0 Å². The summed E-state index contributed by atoms with van der Waals surface area (Å²) in [6.45, 7) is 1.94. The van der Waals surface area contributed by atoms with Crippen LogP contribution < -0.4 is 5.32 Å². The van der Waals surface area contributed by atoms with Crippen LogP contribution in [-0.2, 0) is 19.6 Å². The van der Waals surface area contributed by atoms with Crippen molar-refractivity contribution in [1.82, 2.24) is 14.5 Å². The summed E-state index contributed by atoms with van der Waals surface area (Å²) in [6.07, 6.45) is 0. The van der Waals surface area contributed by atoms with Crippen molar-refractivity contribution in [1.29, 1.82) is 0 Å². The molecule has 0 aliphatic carbocycles. The highest BCUT2D eigenvalue weighted by atomic mass is 32.2. The van der Waals surface area contributed by atoms with Crippen molar-refractivity contribution in [3.63, 3.8) is 0 Å². The Kier molecular flexibility index (Phi) is 5.92. The topological polar surface area (TPSA) is 96.0 Å². The fourth-order valence-electron chi connectivity index (χ4n) is 2.17. The van der Waals surface area contributed by atoms with Gasteiger partial charge in [-0.15, -0.1) is 0 Å². The molecule has 1 fully saturated rings. The standard InChI is InChI=1S/C15H21N3O5S/c1-17(2)24(21,22)13-5-3-12(4-6-13)15(20)16-11-14(19)18-7-9-23-10-8-18/h3-6H,7-11H2,1-2H3,(H,16,20). The third-order valence-corrected chi connectivity index (χ3v) is 5.49. The molecule has 0 bridgehead atoms. The van der Waals surface area contributed by atoms with Gasteiger partial charge in [-0.05, 0) is 24.3 Å². The second kappa shape index (κ2) is 7.73. The molecule has 8 nitrogen and oxygen atoms in total. The molecule has 1 aromatic carbocycles. The zero-order valence-corrected chi connectivity index (χ0v) is 14.5. The summed E-state index contributed by atoms with van der Waals surface area (Å²) in [5.74, 6) is -0.594. The maximum Gasteiger partial charge on any atom is 0.251 e. The molecule has 1 heterocycles. The number of carbonyl (C=O) groups excluding carboxylic acids is 2. The molecule has 0 saturated carbocycles. The molecule has 132 valence electrons. The number of benzene rings is 1. The SMILES string of the molecule is CN(C)S(=O)(=O)c1ccc(C(=O)NCC(=O)N2CCOCC2)cc1. The van der Waals surface area contributed by atoms with Crippen molar-refractivity contribution in [2.24, 2.45) is 0 Å². The minimum absolute atomic E-state index is 0.101. The number of morpholine rings is 1. The predicted molar refractivity (Wildman–Crippen MR) is 87.0 cm³/mol. The van der Waals surface area contributed by atoms with E-state index < -0.39 is 15.9 Å². The molecule has 0 radical (unpaired) electrons. The number of nitrogens with zero attached hydrogens (tertiary/aromatic N) is 2. The number of rotatable bonds is 5. The van der Waals surface area contributed by atoms with Crippen LogP contribution in [0.15, 0.2) is 29.2 Å². The average molecular weight is 355 g/mol. The first-order valence-electron chi connectivity index (χ1n) is 7.48. The van der Waals surface area contributed by atoms with Crippen LogP contribution in [0.25, 0.3) is 0 Å². The highest BCUT2D eigenvalue weighted by molar-refractivity contribution is 7.89. The monoisotopic (exact) mass is 355 g/mol. The van der Waals surface area contributed by atoms with Gasteiger partial charge in [0.1, 0.15) is 0 Å². The van der Waals surface area contributed by atoms with Crippen LogP contribution in [0.2, 0.25) is 0 Å². The molecule has 2 amide bonds. The van der Waals surface area contributed by atoms with Gasteiger partial charge in [0.15, 0.2) is 0 Å². The Balaban J connectivity index is 1.94. The Morgan fingerprint density at radius 2 is 1.75 bits per heavy atom. The molecule has 0 unspecified atom stereocenters. The third kappa shape index (κ3) is 4.31. The van der Waals surface area contributed by atoms with E-state index in [1.54, 1.807) is 4.90 Å². The Morgan fingerprint density at radius 1 is 1.17 bits per heavy atom. The van der Waals surface area contributed by atoms with E-state index in [1.807, 2.05) is 0 Å². The molecule has 0 atom stereocenters. The highest BCUT2D eigenvalue weighted by Gasteiger charge is 2.19. The van der Waals surface area contributed by atoms with E-state index in [0.717, 1.165) is 4.31 Å². The van der Waals surface area contributed by atoms with E-state index >= 15 is 0 Å². The van der Waals surface area contributed by atoms with Crippen LogP contribution in [-0.4, -0.2) is 76.4 Å². The van der Waals surface area contributed by atoms with Gasteiger partial charge in [0.05, 0.1) is 24.7 Å². The molecule has 1 N–H and O–H groups in total. The van der Waals surface area contributed by atoms with Gasteiger partial charge < -0.3 is 15.0 Å². The summed E-state index contributed by atoms with van der Waals surface area (Å²) in [4.78, 5) is 25.8. The first-order valence-corrected chi connectivity index (χ1v) is 8.92. The minimum Gasteiger partial charge on any atom is -0.378 e. The van der Waals surface area contributed by atoms with E-state index in [0.29, 0.717) is 31.9 Å². The number of nitrogens with one attached hydrogen (secondary N) is 1. The molecule has 9 heteroatoms. The van der Waals surface area contributed by atoms with Crippen LogP contribution in [0.1, 0.15) is 10.4 Å². The van der Waals surface area contributed by atoms with Crippen LogP contribution >= 0.6 is 0 Å². The Labute approximate surface area is 141 Å². The zero-order chi connectivity index (χ0) is 17.7. The minimum atomic E-state index is -3.53. The van der Waals surface area contributed by atoms with Gasteiger partial charge >= 0.3 is 0 Å². The van der Waals surface area contributed by atoms with E-state index in [-0.39, 0.29) is 17.3 Å². The van der Waals surface area contributed by atoms with Crippen molar-refractivity contribution < 1.29 is 22.7 Å². The van der Waals surface area contributed by atoms with Crippen molar-refractivity contribution in [3.8, 4) is 0 Å². The van der Waals surface area contributed by atoms with Crippen LogP contribution in [0.4, 0.5) is 0 Å². The summed E-state index contributed by atoms with van der Waals surface area (Å²) in [5, 5.41) is 2.55. The van der Waals surface area contributed by atoms with Crippen LogP contribution in [0, 0.1) is 0 Å². The zero-order valence-electron chi connectivity index (χ0n) is 13.7. The lowest BCUT2D eigenvalue weighted by molar-refractivity contribution is -0.134. The van der Waals surface area contributed by atoms with E-state index in [4.69, 9.17) is 4.74 Å². The number of hydrogen-bond donors (Lipinski definition) is 1. The van der Waals surface area contributed by atoms with E-state index in [2.05, 4.69) is 5.32 Å². The summed E-state index contributed by atoms with van der Waals surface area (Å²) in [5.41, 5.74) is 0.294. The number of hydrogen-bond acceptors (Lipinski definition) is 5.